The fourth-order valence-electron chi connectivity index (χ4n) is 2.89. The maximum absolute atomic E-state index is 12.5. The van der Waals surface area contributed by atoms with Gasteiger partial charge in [-0.05, 0) is 52.0 Å². The number of carbonyl (C=O) groups is 3. The van der Waals surface area contributed by atoms with Crippen LogP contribution in [0.3, 0.4) is 0 Å². The number of piperidine rings is 1. The van der Waals surface area contributed by atoms with Gasteiger partial charge in [-0.1, -0.05) is 0 Å². The van der Waals surface area contributed by atoms with Crippen molar-refractivity contribution in [1.29, 1.82) is 0 Å². The molecule has 1 aliphatic rings. The highest BCUT2D eigenvalue weighted by molar-refractivity contribution is 7.14. The predicted molar refractivity (Wildman–Crippen MR) is 105 cm³/mol. The highest BCUT2D eigenvalue weighted by atomic mass is 32.1. The average Bonchev–Trinajstić information content (AvgIpc) is 3.01. The number of alkyl carbamates (subject to hydrolysis) is 1. The predicted octanol–water partition coefficient (Wildman–Crippen LogP) is 2.16. The summed E-state index contributed by atoms with van der Waals surface area (Å²) in [6, 6.07) is 1.28. The summed E-state index contributed by atoms with van der Waals surface area (Å²) in [5, 5.41) is 7.86. The Morgan fingerprint density at radius 3 is 2.48 bits per heavy atom. The van der Waals surface area contributed by atoms with E-state index in [2.05, 4.69) is 15.5 Å². The lowest BCUT2D eigenvalue weighted by molar-refractivity contribution is -0.121. The van der Waals surface area contributed by atoms with Crippen molar-refractivity contribution >= 4 is 34.2 Å². The second kappa shape index (κ2) is 8.71. The van der Waals surface area contributed by atoms with E-state index in [9.17, 15) is 14.4 Å². The molecule has 0 aliphatic carbocycles. The SMILES string of the molecule is CC(C(=O)Nc1sccc1C(N)=O)N1CCC(NC(=O)OC(C)(C)C)CC1. The first-order valence-electron chi connectivity index (χ1n) is 8.98. The van der Waals surface area contributed by atoms with Crippen molar-refractivity contribution in [3.63, 3.8) is 0 Å². The van der Waals surface area contributed by atoms with Crippen LogP contribution < -0.4 is 16.4 Å². The highest BCUT2D eigenvalue weighted by Crippen LogP contribution is 2.23. The van der Waals surface area contributed by atoms with Gasteiger partial charge in [0.15, 0.2) is 0 Å². The number of hydrogen-bond donors (Lipinski definition) is 3. The molecule has 1 aromatic rings. The number of nitrogens with one attached hydrogen (secondary N) is 2. The number of likely N-dealkylation sites (tertiary alicyclic amines) is 1. The van der Waals surface area contributed by atoms with E-state index in [0.29, 0.717) is 23.7 Å². The van der Waals surface area contributed by atoms with Crippen molar-refractivity contribution in [2.45, 2.75) is 58.2 Å². The van der Waals surface area contributed by atoms with Gasteiger partial charge >= 0.3 is 6.09 Å². The minimum absolute atomic E-state index is 0.0325. The van der Waals surface area contributed by atoms with Gasteiger partial charge in [0.1, 0.15) is 10.6 Å². The smallest absolute Gasteiger partial charge is 0.407 e. The molecule has 27 heavy (non-hydrogen) atoms. The molecule has 1 unspecified atom stereocenters. The Morgan fingerprint density at radius 1 is 1.30 bits per heavy atom. The van der Waals surface area contributed by atoms with Gasteiger partial charge < -0.3 is 21.1 Å². The third-order valence-electron chi connectivity index (χ3n) is 4.34. The molecule has 0 aromatic carbocycles. The van der Waals surface area contributed by atoms with Crippen LogP contribution in [-0.2, 0) is 9.53 Å². The normalized spacial score (nSPS) is 17.2. The molecule has 9 heteroatoms. The Hall–Kier alpha value is -2.13. The van der Waals surface area contributed by atoms with E-state index >= 15 is 0 Å². The summed E-state index contributed by atoms with van der Waals surface area (Å²) in [5.74, 6) is -0.744. The first-order chi connectivity index (χ1) is 12.6. The van der Waals surface area contributed by atoms with Crippen molar-refractivity contribution in [3.8, 4) is 0 Å². The van der Waals surface area contributed by atoms with Gasteiger partial charge in [-0.25, -0.2) is 4.79 Å². The number of hydrogen-bond acceptors (Lipinski definition) is 6. The van der Waals surface area contributed by atoms with Crippen LogP contribution in [0.1, 0.15) is 50.9 Å². The van der Waals surface area contributed by atoms with Crippen LogP contribution in [0.15, 0.2) is 11.4 Å². The van der Waals surface area contributed by atoms with E-state index < -0.39 is 17.6 Å². The van der Waals surface area contributed by atoms with Crippen molar-refractivity contribution in [2.75, 3.05) is 18.4 Å². The van der Waals surface area contributed by atoms with Crippen LogP contribution in [0.25, 0.3) is 0 Å². The van der Waals surface area contributed by atoms with E-state index in [4.69, 9.17) is 10.5 Å². The zero-order valence-corrected chi connectivity index (χ0v) is 17.0. The molecule has 4 N–H and O–H groups in total. The Labute approximate surface area is 163 Å². The maximum Gasteiger partial charge on any atom is 0.407 e. The molecule has 0 spiro atoms. The van der Waals surface area contributed by atoms with Gasteiger partial charge in [-0.2, -0.15) is 0 Å². The maximum atomic E-state index is 12.5. The standard InChI is InChI=1S/C18H28N4O4S/c1-11(15(24)21-16-13(14(19)23)7-10-27-16)22-8-5-12(6-9-22)20-17(25)26-18(2,3)4/h7,10-12H,5-6,8-9H2,1-4H3,(H2,19,23)(H,20,25)(H,21,24). The Kier molecular flexibility index (Phi) is 6.83. The lowest BCUT2D eigenvalue weighted by Crippen LogP contribution is -2.51. The van der Waals surface area contributed by atoms with Crippen LogP contribution in [0.2, 0.25) is 0 Å². The molecule has 150 valence electrons. The van der Waals surface area contributed by atoms with Gasteiger partial charge in [0, 0.05) is 19.1 Å². The fourth-order valence-corrected chi connectivity index (χ4v) is 3.68. The quantitative estimate of drug-likeness (QED) is 0.706. The molecular formula is C18H28N4O4S. The van der Waals surface area contributed by atoms with Crippen molar-refractivity contribution in [3.05, 3.63) is 17.0 Å². The number of anilines is 1. The number of carbonyl (C=O) groups excluding carboxylic acids is 3. The van der Waals surface area contributed by atoms with Crippen LogP contribution in [0, 0.1) is 0 Å². The zero-order chi connectivity index (χ0) is 20.2. The molecule has 1 saturated heterocycles. The molecule has 1 aliphatic heterocycles. The van der Waals surface area contributed by atoms with Crippen molar-refractivity contribution < 1.29 is 19.1 Å². The molecule has 0 saturated carbocycles. The summed E-state index contributed by atoms with van der Waals surface area (Å²) in [7, 11) is 0. The minimum atomic E-state index is -0.562. The number of rotatable bonds is 5. The number of nitrogens with two attached hydrogens (primary N) is 1. The lowest BCUT2D eigenvalue weighted by Gasteiger charge is -2.35. The second-order valence-corrected chi connectivity index (χ2v) is 8.57. The summed E-state index contributed by atoms with van der Waals surface area (Å²) in [5.41, 5.74) is 5.10. The number of amides is 3. The monoisotopic (exact) mass is 396 g/mol. The first kappa shape index (κ1) is 21.2. The molecule has 0 radical (unpaired) electrons. The van der Waals surface area contributed by atoms with Gasteiger partial charge in [0.2, 0.25) is 5.91 Å². The van der Waals surface area contributed by atoms with E-state index in [1.807, 2.05) is 27.7 Å². The molecule has 0 bridgehead atoms. The molecule has 1 atom stereocenters. The number of thiophene rings is 1. The molecule has 2 rings (SSSR count). The molecule has 8 nitrogen and oxygen atoms in total. The molecule has 2 heterocycles. The van der Waals surface area contributed by atoms with Crippen LogP contribution in [0.4, 0.5) is 9.80 Å². The van der Waals surface area contributed by atoms with Gasteiger partial charge in [0.05, 0.1) is 11.6 Å². The van der Waals surface area contributed by atoms with E-state index in [0.717, 1.165) is 12.8 Å². The van der Waals surface area contributed by atoms with Gasteiger partial charge in [-0.15, -0.1) is 11.3 Å². The molecular weight excluding hydrogens is 368 g/mol. The summed E-state index contributed by atoms with van der Waals surface area (Å²) in [6.45, 7) is 8.67. The largest absolute Gasteiger partial charge is 0.444 e. The number of nitrogens with zero attached hydrogens (tertiary/aromatic N) is 1. The summed E-state index contributed by atoms with van der Waals surface area (Å²) in [4.78, 5) is 37.8. The molecule has 1 aromatic heterocycles. The van der Waals surface area contributed by atoms with E-state index in [1.165, 1.54) is 11.3 Å². The highest BCUT2D eigenvalue weighted by Gasteiger charge is 2.29. The van der Waals surface area contributed by atoms with E-state index in [-0.39, 0.29) is 18.0 Å². The fraction of sp³-hybridized carbons (Fsp3) is 0.611. The third-order valence-corrected chi connectivity index (χ3v) is 5.17. The average molecular weight is 397 g/mol. The summed E-state index contributed by atoms with van der Waals surface area (Å²) >= 11 is 1.27. The van der Waals surface area contributed by atoms with Crippen molar-refractivity contribution in [2.24, 2.45) is 5.73 Å². The Morgan fingerprint density at radius 2 is 1.93 bits per heavy atom. The zero-order valence-electron chi connectivity index (χ0n) is 16.2. The lowest BCUT2D eigenvalue weighted by atomic mass is 10.0. The Balaban J connectivity index is 1.82. The summed E-state index contributed by atoms with van der Waals surface area (Å²) in [6.07, 6.45) is 1.06. The summed E-state index contributed by atoms with van der Waals surface area (Å²) < 4.78 is 5.28. The minimum Gasteiger partial charge on any atom is -0.444 e. The Bertz CT molecular complexity index is 690. The molecule has 1 fully saturated rings. The second-order valence-electron chi connectivity index (χ2n) is 7.65. The topological polar surface area (TPSA) is 114 Å². The van der Waals surface area contributed by atoms with E-state index in [1.54, 1.807) is 11.4 Å². The van der Waals surface area contributed by atoms with Crippen molar-refractivity contribution in [1.82, 2.24) is 10.2 Å². The van der Waals surface area contributed by atoms with Crippen LogP contribution in [0.5, 0.6) is 0 Å². The van der Waals surface area contributed by atoms with Crippen LogP contribution in [-0.4, -0.2) is 53.6 Å². The van der Waals surface area contributed by atoms with Crippen LogP contribution >= 0.6 is 11.3 Å². The number of ether oxygens (including phenoxy) is 1. The van der Waals surface area contributed by atoms with Gasteiger partial charge in [0.25, 0.3) is 5.91 Å². The van der Waals surface area contributed by atoms with Gasteiger partial charge in [-0.3, -0.25) is 14.5 Å². The molecule has 3 amide bonds. The third kappa shape index (κ3) is 6.21. The first-order valence-corrected chi connectivity index (χ1v) is 9.86. The number of primary amides is 1.